The second kappa shape index (κ2) is 5.29. The molecule has 2 bridgehead atoms. The van der Waals surface area contributed by atoms with Crippen molar-refractivity contribution in [1.82, 2.24) is 10.6 Å². The molecule has 2 heterocycles. The molecule has 3 unspecified atom stereocenters. The van der Waals surface area contributed by atoms with Crippen molar-refractivity contribution in [3.05, 3.63) is 42.0 Å². The minimum atomic E-state index is 0.0344. The number of hydrogen-bond acceptors (Lipinski definition) is 3. The van der Waals surface area contributed by atoms with E-state index in [4.69, 9.17) is 0 Å². The summed E-state index contributed by atoms with van der Waals surface area (Å²) in [6.07, 6.45) is 3.49. The van der Waals surface area contributed by atoms with Gasteiger partial charge in [0.2, 0.25) is 0 Å². The number of amides is 1. The van der Waals surface area contributed by atoms with Crippen molar-refractivity contribution in [2.24, 2.45) is 0 Å². The van der Waals surface area contributed by atoms with Crippen LogP contribution in [-0.4, -0.2) is 31.1 Å². The zero-order chi connectivity index (χ0) is 15.1. The number of carbonyl (C=O) groups is 1. The van der Waals surface area contributed by atoms with Crippen LogP contribution in [0, 0.1) is 0 Å². The maximum absolute atomic E-state index is 12.6. The van der Waals surface area contributed by atoms with Gasteiger partial charge >= 0.3 is 0 Å². The van der Waals surface area contributed by atoms with Crippen molar-refractivity contribution >= 4 is 22.4 Å². The minimum Gasteiger partial charge on any atom is -0.388 e. The van der Waals surface area contributed by atoms with Crippen molar-refractivity contribution in [1.29, 1.82) is 0 Å². The fraction of sp³-hybridized carbons (Fsp3) is 0.389. The van der Waals surface area contributed by atoms with Gasteiger partial charge in [0.15, 0.2) is 0 Å². The van der Waals surface area contributed by atoms with Crippen molar-refractivity contribution in [3.8, 4) is 0 Å². The Morgan fingerprint density at radius 2 is 2.14 bits per heavy atom. The molecule has 2 saturated heterocycles. The molecule has 1 amide bonds. The van der Waals surface area contributed by atoms with Crippen LogP contribution in [0.5, 0.6) is 0 Å². The van der Waals surface area contributed by atoms with Crippen LogP contribution in [0.1, 0.15) is 29.6 Å². The molecule has 0 aliphatic carbocycles. The molecular formula is C18H21N3O. The third kappa shape index (κ3) is 2.24. The first-order valence-electron chi connectivity index (χ1n) is 8.02. The predicted octanol–water partition coefficient (Wildman–Crippen LogP) is 2.50. The summed E-state index contributed by atoms with van der Waals surface area (Å²) in [5.41, 5.74) is 1.78. The van der Waals surface area contributed by atoms with Crippen LogP contribution >= 0.6 is 0 Å². The van der Waals surface area contributed by atoms with Gasteiger partial charge in [0.05, 0.1) is 0 Å². The first-order chi connectivity index (χ1) is 10.7. The third-order valence-corrected chi connectivity index (χ3v) is 5.03. The lowest BCUT2D eigenvalue weighted by Gasteiger charge is -2.21. The average Bonchev–Trinajstić information content (AvgIpc) is 3.16. The molecule has 4 heteroatoms. The lowest BCUT2D eigenvalue weighted by molar-refractivity contribution is 0.0931. The molecular weight excluding hydrogens is 274 g/mol. The van der Waals surface area contributed by atoms with Gasteiger partial charge in [-0.2, -0.15) is 0 Å². The number of benzene rings is 2. The topological polar surface area (TPSA) is 53.2 Å². The van der Waals surface area contributed by atoms with Crippen LogP contribution in [0.2, 0.25) is 0 Å². The van der Waals surface area contributed by atoms with E-state index in [0.717, 1.165) is 28.4 Å². The Balaban J connectivity index is 1.59. The maximum atomic E-state index is 12.6. The Labute approximate surface area is 130 Å². The van der Waals surface area contributed by atoms with Crippen LogP contribution in [0.3, 0.4) is 0 Å². The smallest absolute Gasteiger partial charge is 0.251 e. The number of carbonyl (C=O) groups excluding carboxylic acids is 1. The summed E-state index contributed by atoms with van der Waals surface area (Å²) in [6, 6.07) is 13.4. The van der Waals surface area contributed by atoms with Gasteiger partial charge in [-0.1, -0.05) is 18.2 Å². The lowest BCUT2D eigenvalue weighted by atomic mass is 9.95. The highest BCUT2D eigenvalue weighted by Gasteiger charge is 2.39. The normalized spacial score (nSPS) is 26.3. The summed E-state index contributed by atoms with van der Waals surface area (Å²) in [5, 5.41) is 12.2. The molecule has 2 aliphatic rings. The highest BCUT2D eigenvalue weighted by molar-refractivity contribution is 6.02. The van der Waals surface area contributed by atoms with E-state index >= 15 is 0 Å². The largest absolute Gasteiger partial charge is 0.388 e. The van der Waals surface area contributed by atoms with E-state index in [1.165, 1.54) is 12.8 Å². The summed E-state index contributed by atoms with van der Waals surface area (Å²) >= 11 is 0. The molecule has 2 aromatic carbocycles. The lowest BCUT2D eigenvalue weighted by Crippen LogP contribution is -2.42. The molecule has 2 fully saturated rings. The number of rotatable bonds is 3. The monoisotopic (exact) mass is 295 g/mol. The van der Waals surface area contributed by atoms with Gasteiger partial charge in [-0.05, 0) is 42.8 Å². The fourth-order valence-corrected chi connectivity index (χ4v) is 3.87. The van der Waals surface area contributed by atoms with E-state index in [1.807, 2.05) is 37.4 Å². The summed E-state index contributed by atoms with van der Waals surface area (Å²) in [6.45, 7) is 0. The van der Waals surface area contributed by atoms with E-state index in [9.17, 15) is 4.79 Å². The first-order valence-corrected chi connectivity index (χ1v) is 8.02. The number of fused-ring (bicyclic) bond motifs is 3. The van der Waals surface area contributed by atoms with Crippen molar-refractivity contribution in [2.45, 2.75) is 37.4 Å². The van der Waals surface area contributed by atoms with E-state index in [1.54, 1.807) is 0 Å². The predicted molar refractivity (Wildman–Crippen MR) is 89.3 cm³/mol. The van der Waals surface area contributed by atoms with Crippen molar-refractivity contribution < 1.29 is 4.79 Å². The van der Waals surface area contributed by atoms with Crippen LogP contribution < -0.4 is 16.0 Å². The average molecular weight is 295 g/mol. The molecule has 3 atom stereocenters. The molecule has 22 heavy (non-hydrogen) atoms. The summed E-state index contributed by atoms with van der Waals surface area (Å²) < 4.78 is 0. The van der Waals surface area contributed by atoms with Crippen LogP contribution in [0.15, 0.2) is 36.4 Å². The molecule has 0 spiro atoms. The molecule has 114 valence electrons. The summed E-state index contributed by atoms with van der Waals surface area (Å²) in [7, 11) is 1.91. The Morgan fingerprint density at radius 3 is 2.86 bits per heavy atom. The second-order valence-electron chi connectivity index (χ2n) is 6.35. The van der Waals surface area contributed by atoms with Gasteiger partial charge < -0.3 is 16.0 Å². The van der Waals surface area contributed by atoms with Gasteiger partial charge in [0.25, 0.3) is 5.91 Å². The molecule has 0 aromatic heterocycles. The minimum absolute atomic E-state index is 0.0344. The van der Waals surface area contributed by atoms with E-state index in [0.29, 0.717) is 12.1 Å². The Hall–Kier alpha value is -2.07. The van der Waals surface area contributed by atoms with Crippen molar-refractivity contribution in [2.75, 3.05) is 12.4 Å². The zero-order valence-corrected chi connectivity index (χ0v) is 12.7. The van der Waals surface area contributed by atoms with Gasteiger partial charge in [0.1, 0.15) is 0 Å². The molecule has 4 rings (SSSR count). The van der Waals surface area contributed by atoms with Gasteiger partial charge in [-0.25, -0.2) is 0 Å². The number of hydrogen-bond donors (Lipinski definition) is 3. The quantitative estimate of drug-likeness (QED) is 0.815. The number of anilines is 1. The maximum Gasteiger partial charge on any atom is 0.251 e. The van der Waals surface area contributed by atoms with E-state index in [-0.39, 0.29) is 11.9 Å². The van der Waals surface area contributed by atoms with Crippen LogP contribution in [0.25, 0.3) is 10.8 Å². The Bertz CT molecular complexity index is 727. The zero-order valence-electron chi connectivity index (χ0n) is 12.7. The first kappa shape index (κ1) is 13.6. The molecule has 3 N–H and O–H groups in total. The van der Waals surface area contributed by atoms with Gasteiger partial charge in [-0.3, -0.25) is 4.79 Å². The van der Waals surface area contributed by atoms with Crippen molar-refractivity contribution in [3.63, 3.8) is 0 Å². The highest BCUT2D eigenvalue weighted by Crippen LogP contribution is 2.29. The Morgan fingerprint density at radius 1 is 1.23 bits per heavy atom. The molecule has 0 radical (unpaired) electrons. The fourth-order valence-electron chi connectivity index (χ4n) is 3.87. The highest BCUT2D eigenvalue weighted by atomic mass is 16.1. The Kier molecular flexibility index (Phi) is 3.26. The van der Waals surface area contributed by atoms with E-state index < -0.39 is 0 Å². The molecule has 0 saturated carbocycles. The summed E-state index contributed by atoms with van der Waals surface area (Å²) in [4.78, 5) is 12.6. The molecule has 2 aliphatic heterocycles. The molecule has 4 nitrogen and oxygen atoms in total. The standard InChI is InChI=1S/C18H21N3O/c1-19-15-4-2-3-11-5-6-12(9-14(11)15)18(22)21-17-10-13-7-8-16(17)20-13/h2-6,9,13,16-17,19-20H,7-8,10H2,1H3,(H,21,22). The van der Waals surface area contributed by atoms with Gasteiger partial charge in [-0.15, -0.1) is 0 Å². The van der Waals surface area contributed by atoms with Gasteiger partial charge in [0, 0.05) is 41.8 Å². The second-order valence-corrected chi connectivity index (χ2v) is 6.35. The molecule has 2 aromatic rings. The summed E-state index contributed by atoms with van der Waals surface area (Å²) in [5.74, 6) is 0.0344. The third-order valence-electron chi connectivity index (χ3n) is 5.03. The van der Waals surface area contributed by atoms with Crippen LogP contribution in [-0.2, 0) is 0 Å². The number of nitrogens with one attached hydrogen (secondary N) is 3. The SMILES string of the molecule is CNc1cccc2ccc(C(=O)NC3CC4CCC3N4)cc12. The van der Waals surface area contributed by atoms with Crippen LogP contribution in [0.4, 0.5) is 5.69 Å². The van der Waals surface area contributed by atoms with E-state index in [2.05, 4.69) is 22.0 Å².